The largest absolute Gasteiger partial charge is 0.208 e. The summed E-state index contributed by atoms with van der Waals surface area (Å²) in [6.45, 7) is 12.1. The zero-order valence-electron chi connectivity index (χ0n) is 31.8. The molecule has 264 valence electrons. The Hall–Kier alpha value is -4.67. The zero-order chi connectivity index (χ0) is 36.1. The molecular formula is C49H49N3Si. The summed E-state index contributed by atoms with van der Waals surface area (Å²) in [6.07, 6.45) is 8.51. The van der Waals surface area contributed by atoms with Crippen molar-refractivity contribution in [2.24, 2.45) is 17.8 Å². The van der Waals surface area contributed by atoms with Gasteiger partial charge in [-0.3, -0.25) is 0 Å². The van der Waals surface area contributed by atoms with Crippen LogP contribution in [0.15, 0.2) is 115 Å². The Labute approximate surface area is 316 Å². The first-order valence-corrected chi connectivity index (χ1v) is 23.4. The number of hydrogen-bond donors (Lipinski definition) is 0. The topological polar surface area (TPSA) is 38.7 Å². The molecule has 1 aromatic heterocycles. The van der Waals surface area contributed by atoms with Crippen LogP contribution in [0, 0.1) is 17.8 Å². The third kappa shape index (κ3) is 5.55. The number of hydrogen-bond acceptors (Lipinski definition) is 3. The average Bonchev–Trinajstić information content (AvgIpc) is 3.39. The highest BCUT2D eigenvalue weighted by Gasteiger charge is 2.51. The molecule has 5 aliphatic carbocycles. The molecule has 0 spiro atoms. The number of aromatic nitrogens is 3. The lowest BCUT2D eigenvalue weighted by atomic mass is 9.48. The smallest absolute Gasteiger partial charge is 0.164 e. The fraction of sp³-hybridized carbons (Fsp3) is 0.327. The number of fused-ring (bicyclic) bond motifs is 3. The fourth-order valence-electron chi connectivity index (χ4n) is 11.0. The fourth-order valence-corrected chi connectivity index (χ4v) is 12.2. The van der Waals surface area contributed by atoms with Gasteiger partial charge in [-0.05, 0) is 113 Å². The lowest BCUT2D eigenvalue weighted by Crippen LogP contribution is -2.48. The molecule has 0 unspecified atom stereocenters. The third-order valence-corrected chi connectivity index (χ3v) is 15.5. The molecule has 0 N–H and O–H groups in total. The van der Waals surface area contributed by atoms with Crippen LogP contribution in [-0.4, -0.2) is 23.0 Å². The molecule has 53 heavy (non-hydrogen) atoms. The van der Waals surface area contributed by atoms with Crippen molar-refractivity contribution in [3.8, 4) is 56.4 Å². The monoisotopic (exact) mass is 707 g/mol. The molecule has 0 aliphatic heterocycles. The van der Waals surface area contributed by atoms with Crippen LogP contribution >= 0.6 is 0 Å². The maximum absolute atomic E-state index is 5.17. The second-order valence-electron chi connectivity index (χ2n) is 18.4. The summed E-state index contributed by atoms with van der Waals surface area (Å²) in [4.78, 5) is 15.3. The highest BCUT2D eigenvalue weighted by Crippen LogP contribution is 2.60. The molecule has 6 aromatic rings. The second kappa shape index (κ2) is 11.9. The Balaban J connectivity index is 1.01. The van der Waals surface area contributed by atoms with Gasteiger partial charge in [0.05, 0.1) is 8.07 Å². The van der Waals surface area contributed by atoms with E-state index < -0.39 is 8.07 Å². The predicted molar refractivity (Wildman–Crippen MR) is 222 cm³/mol. The van der Waals surface area contributed by atoms with Crippen LogP contribution in [0.2, 0.25) is 19.6 Å². The standard InChI is InChI=1S/C49H49N3Si/c1-48(2)43-26-37(16-20-41(43)42-21-19-40(27-44(42)48)53(3,4)5)36-12-9-13-38(25-36)47-51-45(34-10-7-6-8-11-34)50-46(52-47)35-14-17-39(18-15-35)49-28-31-22-32(29-49)24-33(23-31)30-49/h6-21,25-27,31-33H,22-24,28-30H2,1-5H3. The van der Waals surface area contributed by atoms with E-state index in [1.165, 1.54) is 82.7 Å². The minimum absolute atomic E-state index is 0.0626. The van der Waals surface area contributed by atoms with Crippen molar-refractivity contribution in [2.75, 3.05) is 0 Å². The summed E-state index contributed by atoms with van der Waals surface area (Å²) in [5, 5.41) is 1.52. The van der Waals surface area contributed by atoms with E-state index in [4.69, 9.17) is 15.0 Å². The van der Waals surface area contributed by atoms with Crippen LogP contribution in [0.25, 0.3) is 56.4 Å². The van der Waals surface area contributed by atoms with E-state index >= 15 is 0 Å². The lowest BCUT2D eigenvalue weighted by molar-refractivity contribution is -0.00518. The first-order chi connectivity index (χ1) is 25.5. The van der Waals surface area contributed by atoms with Gasteiger partial charge >= 0.3 is 0 Å². The van der Waals surface area contributed by atoms with Gasteiger partial charge in [0.1, 0.15) is 0 Å². The SMILES string of the molecule is CC1(C)c2cc(-c3cccc(-c4nc(-c5ccccc5)nc(-c5ccc(C67CC8CC(CC(C8)C6)C7)cc5)n4)c3)ccc2-c2ccc([Si](C)(C)C)cc21. The molecule has 5 aliphatic rings. The highest BCUT2D eigenvalue weighted by molar-refractivity contribution is 6.88. The molecule has 0 amide bonds. The van der Waals surface area contributed by atoms with Crippen LogP contribution < -0.4 is 5.19 Å². The Morgan fingerprint density at radius 3 is 1.60 bits per heavy atom. The molecule has 4 heteroatoms. The molecule has 4 bridgehead atoms. The van der Waals surface area contributed by atoms with Crippen molar-refractivity contribution < 1.29 is 0 Å². The van der Waals surface area contributed by atoms with Crippen molar-refractivity contribution >= 4 is 13.3 Å². The van der Waals surface area contributed by atoms with Crippen LogP contribution in [-0.2, 0) is 10.8 Å². The van der Waals surface area contributed by atoms with Gasteiger partial charge in [-0.1, -0.05) is 142 Å². The van der Waals surface area contributed by atoms with Crippen molar-refractivity contribution in [3.05, 3.63) is 132 Å². The summed E-state index contributed by atoms with van der Waals surface area (Å²) in [5.74, 6) is 4.92. The minimum Gasteiger partial charge on any atom is -0.208 e. The molecule has 1 heterocycles. The van der Waals surface area contributed by atoms with Gasteiger partial charge in [0.25, 0.3) is 0 Å². The van der Waals surface area contributed by atoms with E-state index in [-0.39, 0.29) is 5.41 Å². The van der Waals surface area contributed by atoms with Gasteiger partial charge in [0, 0.05) is 22.1 Å². The van der Waals surface area contributed by atoms with Gasteiger partial charge in [-0.15, -0.1) is 0 Å². The summed E-state index contributed by atoms with van der Waals surface area (Å²) in [5.41, 5.74) is 12.9. The van der Waals surface area contributed by atoms with Crippen molar-refractivity contribution in [2.45, 2.75) is 82.8 Å². The summed E-state index contributed by atoms with van der Waals surface area (Å²) in [6, 6.07) is 42.7. The van der Waals surface area contributed by atoms with Crippen molar-refractivity contribution in [3.63, 3.8) is 0 Å². The van der Waals surface area contributed by atoms with Gasteiger partial charge in [0.15, 0.2) is 17.5 Å². The Morgan fingerprint density at radius 1 is 0.491 bits per heavy atom. The summed E-state index contributed by atoms with van der Waals surface area (Å²) in [7, 11) is -1.43. The highest BCUT2D eigenvalue weighted by atomic mass is 28.3. The van der Waals surface area contributed by atoms with Crippen LogP contribution in [0.5, 0.6) is 0 Å². The molecule has 0 radical (unpaired) electrons. The average molecular weight is 708 g/mol. The molecule has 5 aromatic carbocycles. The Bertz CT molecular complexity index is 2350. The van der Waals surface area contributed by atoms with E-state index in [1.807, 2.05) is 6.07 Å². The van der Waals surface area contributed by atoms with E-state index in [0.717, 1.165) is 40.3 Å². The zero-order valence-corrected chi connectivity index (χ0v) is 32.8. The molecule has 0 saturated heterocycles. The quantitative estimate of drug-likeness (QED) is 0.162. The van der Waals surface area contributed by atoms with Gasteiger partial charge in [-0.25, -0.2) is 15.0 Å². The first kappa shape index (κ1) is 32.9. The second-order valence-corrected chi connectivity index (χ2v) is 23.5. The van der Waals surface area contributed by atoms with Crippen molar-refractivity contribution in [1.82, 2.24) is 15.0 Å². The molecular weight excluding hydrogens is 659 g/mol. The number of rotatable bonds is 6. The maximum Gasteiger partial charge on any atom is 0.164 e. The van der Waals surface area contributed by atoms with E-state index in [2.05, 4.69) is 143 Å². The summed E-state index contributed by atoms with van der Waals surface area (Å²) >= 11 is 0. The normalized spacial score (nSPS) is 23.5. The molecule has 3 nitrogen and oxygen atoms in total. The number of benzene rings is 5. The van der Waals surface area contributed by atoms with Crippen molar-refractivity contribution in [1.29, 1.82) is 0 Å². The molecule has 0 atom stereocenters. The van der Waals surface area contributed by atoms with Crippen LogP contribution in [0.4, 0.5) is 0 Å². The Kier molecular flexibility index (Phi) is 7.41. The maximum atomic E-state index is 5.17. The van der Waals surface area contributed by atoms with Gasteiger partial charge in [-0.2, -0.15) is 0 Å². The Morgan fingerprint density at radius 2 is 0.981 bits per heavy atom. The lowest BCUT2D eigenvalue weighted by Gasteiger charge is -2.57. The van der Waals surface area contributed by atoms with Gasteiger partial charge < -0.3 is 0 Å². The molecule has 4 saturated carbocycles. The number of nitrogens with zero attached hydrogens (tertiary/aromatic N) is 3. The molecule has 11 rings (SSSR count). The molecule has 4 fully saturated rings. The van der Waals surface area contributed by atoms with E-state index in [1.54, 1.807) is 0 Å². The third-order valence-electron chi connectivity index (χ3n) is 13.5. The van der Waals surface area contributed by atoms with Crippen LogP contribution in [0.1, 0.15) is 69.1 Å². The predicted octanol–water partition coefficient (Wildman–Crippen LogP) is 11.9. The van der Waals surface area contributed by atoms with Crippen LogP contribution in [0.3, 0.4) is 0 Å². The van der Waals surface area contributed by atoms with E-state index in [9.17, 15) is 0 Å². The first-order valence-electron chi connectivity index (χ1n) is 19.9. The summed E-state index contributed by atoms with van der Waals surface area (Å²) < 4.78 is 0. The van der Waals surface area contributed by atoms with Gasteiger partial charge in [0.2, 0.25) is 0 Å². The van der Waals surface area contributed by atoms with E-state index in [0.29, 0.717) is 17.1 Å². The minimum atomic E-state index is -1.43.